The van der Waals surface area contributed by atoms with Crippen LogP contribution in [0.3, 0.4) is 0 Å². The highest BCUT2D eigenvalue weighted by atomic mass is 35.5. The molecule has 1 heterocycles. The Morgan fingerprint density at radius 3 is 2.53 bits per heavy atom. The smallest absolute Gasteiger partial charge is 0.238 e. The molecule has 0 aliphatic carbocycles. The van der Waals surface area contributed by atoms with E-state index < -0.39 is 0 Å². The average molecular weight is 277 g/mol. The monoisotopic (exact) mass is 276 g/mol. The van der Waals surface area contributed by atoms with Gasteiger partial charge in [-0.3, -0.25) is 0 Å². The number of nitrogens with zero attached hydrogens (tertiary/aromatic N) is 1. The van der Waals surface area contributed by atoms with Crippen LogP contribution in [0.5, 0.6) is 11.6 Å². The van der Waals surface area contributed by atoms with Gasteiger partial charge in [-0.2, -0.15) is 0 Å². The number of rotatable bonds is 5. The van der Waals surface area contributed by atoms with Crippen molar-refractivity contribution in [1.29, 1.82) is 0 Å². The highest BCUT2D eigenvalue weighted by Crippen LogP contribution is 2.27. The summed E-state index contributed by atoms with van der Waals surface area (Å²) in [6.07, 6.45) is 3.88. The number of aromatic nitrogens is 1. The van der Waals surface area contributed by atoms with Crippen molar-refractivity contribution in [2.75, 3.05) is 0 Å². The van der Waals surface area contributed by atoms with Crippen molar-refractivity contribution in [1.82, 2.24) is 4.98 Å². The zero-order chi connectivity index (χ0) is 13.7. The second kappa shape index (κ2) is 6.55. The molecule has 0 saturated carbocycles. The van der Waals surface area contributed by atoms with Crippen LogP contribution < -0.4 is 10.5 Å². The van der Waals surface area contributed by atoms with Crippen LogP contribution in [-0.4, -0.2) is 4.98 Å². The minimum absolute atomic E-state index is 0.405. The lowest BCUT2D eigenvalue weighted by atomic mass is 10.1. The lowest BCUT2D eigenvalue weighted by molar-refractivity contribution is 0.462. The summed E-state index contributed by atoms with van der Waals surface area (Å²) < 4.78 is 5.66. The van der Waals surface area contributed by atoms with Gasteiger partial charge in [0.05, 0.1) is 0 Å². The standard InChI is InChI=1S/C15H17ClN2O/c1-2-3-11-4-6-13(7-5-11)19-15-14(16)8-12(9-17)10-18-15/h4-8,10H,2-3,9,17H2,1H3. The van der Waals surface area contributed by atoms with Gasteiger partial charge < -0.3 is 10.5 Å². The van der Waals surface area contributed by atoms with Gasteiger partial charge in [-0.1, -0.05) is 37.1 Å². The molecule has 4 heteroatoms. The van der Waals surface area contributed by atoms with E-state index in [1.165, 1.54) is 5.56 Å². The Labute approximate surface area is 118 Å². The normalized spacial score (nSPS) is 10.5. The van der Waals surface area contributed by atoms with E-state index in [2.05, 4.69) is 24.0 Å². The van der Waals surface area contributed by atoms with E-state index >= 15 is 0 Å². The molecule has 2 aromatic rings. The van der Waals surface area contributed by atoms with Crippen LogP contribution in [0.2, 0.25) is 5.02 Å². The Hall–Kier alpha value is -1.58. The molecular formula is C15H17ClN2O. The van der Waals surface area contributed by atoms with Crippen LogP contribution in [-0.2, 0) is 13.0 Å². The molecule has 0 bridgehead atoms. The molecule has 0 spiro atoms. The molecule has 0 unspecified atom stereocenters. The van der Waals surface area contributed by atoms with Crippen LogP contribution in [0.25, 0.3) is 0 Å². The fraction of sp³-hybridized carbons (Fsp3) is 0.267. The van der Waals surface area contributed by atoms with Crippen LogP contribution in [0, 0.1) is 0 Å². The van der Waals surface area contributed by atoms with Gasteiger partial charge >= 0.3 is 0 Å². The van der Waals surface area contributed by atoms with Gasteiger partial charge in [-0.25, -0.2) is 4.98 Å². The van der Waals surface area contributed by atoms with Gasteiger partial charge in [0.1, 0.15) is 10.8 Å². The first-order valence-electron chi connectivity index (χ1n) is 6.34. The van der Waals surface area contributed by atoms with Gasteiger partial charge in [-0.15, -0.1) is 0 Å². The van der Waals surface area contributed by atoms with E-state index in [-0.39, 0.29) is 0 Å². The minimum Gasteiger partial charge on any atom is -0.438 e. The van der Waals surface area contributed by atoms with E-state index in [4.69, 9.17) is 22.1 Å². The SMILES string of the molecule is CCCc1ccc(Oc2ncc(CN)cc2Cl)cc1. The lowest BCUT2D eigenvalue weighted by Gasteiger charge is -2.08. The van der Waals surface area contributed by atoms with Crippen molar-refractivity contribution in [3.63, 3.8) is 0 Å². The summed E-state index contributed by atoms with van der Waals surface area (Å²) in [6, 6.07) is 9.75. The van der Waals surface area contributed by atoms with Crippen LogP contribution >= 0.6 is 11.6 Å². The quantitative estimate of drug-likeness (QED) is 0.900. The van der Waals surface area contributed by atoms with Crippen molar-refractivity contribution in [2.45, 2.75) is 26.3 Å². The lowest BCUT2D eigenvalue weighted by Crippen LogP contribution is -1.98. The van der Waals surface area contributed by atoms with Gasteiger partial charge in [0, 0.05) is 12.7 Å². The Morgan fingerprint density at radius 2 is 1.95 bits per heavy atom. The number of hydrogen-bond acceptors (Lipinski definition) is 3. The molecule has 19 heavy (non-hydrogen) atoms. The predicted octanol–water partition coefficient (Wildman–Crippen LogP) is 3.94. The molecule has 0 aliphatic rings. The molecule has 0 atom stereocenters. The molecule has 2 N–H and O–H groups in total. The first-order valence-corrected chi connectivity index (χ1v) is 6.72. The Morgan fingerprint density at radius 1 is 1.21 bits per heavy atom. The molecule has 2 rings (SSSR count). The molecule has 0 amide bonds. The number of aryl methyl sites for hydroxylation is 1. The van der Waals surface area contributed by atoms with Gasteiger partial charge in [0.2, 0.25) is 5.88 Å². The fourth-order valence-corrected chi connectivity index (χ4v) is 2.00. The molecule has 0 aliphatic heterocycles. The third-order valence-electron chi connectivity index (χ3n) is 2.78. The van der Waals surface area contributed by atoms with Gasteiger partial charge in [-0.05, 0) is 35.7 Å². The maximum atomic E-state index is 6.10. The third kappa shape index (κ3) is 3.69. The zero-order valence-corrected chi connectivity index (χ0v) is 11.7. The van der Waals surface area contributed by atoms with Crippen molar-refractivity contribution in [2.24, 2.45) is 5.73 Å². The largest absolute Gasteiger partial charge is 0.438 e. The van der Waals surface area contributed by atoms with E-state index in [9.17, 15) is 0 Å². The van der Waals surface area contributed by atoms with E-state index in [0.29, 0.717) is 17.4 Å². The average Bonchev–Trinajstić information content (AvgIpc) is 2.43. The maximum Gasteiger partial charge on any atom is 0.238 e. The van der Waals surface area contributed by atoms with Crippen molar-refractivity contribution in [3.05, 3.63) is 52.7 Å². The first-order chi connectivity index (χ1) is 9.22. The van der Waals surface area contributed by atoms with Crippen LogP contribution in [0.1, 0.15) is 24.5 Å². The predicted molar refractivity (Wildman–Crippen MR) is 77.6 cm³/mol. The van der Waals surface area contributed by atoms with E-state index in [1.54, 1.807) is 12.3 Å². The number of ether oxygens (including phenoxy) is 1. The molecular weight excluding hydrogens is 260 g/mol. The number of nitrogens with two attached hydrogens (primary N) is 1. The summed E-state index contributed by atoms with van der Waals surface area (Å²) in [6.45, 7) is 2.58. The second-order valence-corrected chi connectivity index (χ2v) is 4.74. The summed E-state index contributed by atoms with van der Waals surface area (Å²) in [5.74, 6) is 1.14. The van der Waals surface area contributed by atoms with Gasteiger partial charge in [0.25, 0.3) is 0 Å². The fourth-order valence-electron chi connectivity index (χ4n) is 1.78. The van der Waals surface area contributed by atoms with Crippen LogP contribution in [0.15, 0.2) is 36.5 Å². The second-order valence-electron chi connectivity index (χ2n) is 4.33. The van der Waals surface area contributed by atoms with Gasteiger partial charge in [0.15, 0.2) is 0 Å². The van der Waals surface area contributed by atoms with Crippen molar-refractivity contribution < 1.29 is 4.74 Å². The van der Waals surface area contributed by atoms with Crippen LogP contribution in [0.4, 0.5) is 0 Å². The van der Waals surface area contributed by atoms with E-state index in [1.807, 2.05) is 12.1 Å². The highest BCUT2D eigenvalue weighted by molar-refractivity contribution is 6.31. The highest BCUT2D eigenvalue weighted by Gasteiger charge is 2.06. The summed E-state index contributed by atoms with van der Waals surface area (Å²) >= 11 is 6.10. The minimum atomic E-state index is 0.405. The number of pyridine rings is 1. The first kappa shape index (κ1) is 13.8. The summed E-state index contributed by atoms with van der Waals surface area (Å²) in [4.78, 5) is 4.17. The number of benzene rings is 1. The third-order valence-corrected chi connectivity index (χ3v) is 3.05. The molecule has 0 fully saturated rings. The topological polar surface area (TPSA) is 48.1 Å². The van der Waals surface area contributed by atoms with E-state index in [0.717, 1.165) is 24.2 Å². The number of halogens is 1. The molecule has 0 radical (unpaired) electrons. The summed E-state index contributed by atoms with van der Waals surface area (Å²) in [5, 5.41) is 0.473. The summed E-state index contributed by atoms with van der Waals surface area (Å²) in [7, 11) is 0. The zero-order valence-electron chi connectivity index (χ0n) is 10.9. The molecule has 1 aromatic heterocycles. The van der Waals surface area contributed by atoms with Crippen molar-refractivity contribution >= 4 is 11.6 Å². The Kier molecular flexibility index (Phi) is 4.77. The number of hydrogen-bond donors (Lipinski definition) is 1. The molecule has 100 valence electrons. The molecule has 0 saturated heterocycles. The summed E-state index contributed by atoms with van der Waals surface area (Å²) in [5.41, 5.74) is 7.71. The Bertz CT molecular complexity index is 540. The Balaban J connectivity index is 2.12. The maximum absolute atomic E-state index is 6.10. The van der Waals surface area contributed by atoms with Crippen molar-refractivity contribution in [3.8, 4) is 11.6 Å². The molecule has 3 nitrogen and oxygen atoms in total. The molecule has 1 aromatic carbocycles.